The Hall–Kier alpha value is -2.28. The normalized spacial score (nSPS) is 9.85. The van der Waals surface area contributed by atoms with E-state index >= 15 is 0 Å². The number of thiophene rings is 2. The molecule has 0 unspecified atom stereocenters. The molecule has 2 aromatic carbocycles. The van der Waals surface area contributed by atoms with E-state index in [0.717, 1.165) is 42.8 Å². The molecular formula is C27H30Cl2N2OS2. The molecule has 34 heavy (non-hydrogen) atoms. The van der Waals surface area contributed by atoms with E-state index in [1.807, 2.05) is 30.5 Å². The van der Waals surface area contributed by atoms with Crippen LogP contribution in [0.1, 0.15) is 33.1 Å². The number of halogens is 2. The third-order valence-electron chi connectivity index (χ3n) is 4.21. The Bertz CT molecular complexity index is 1080. The van der Waals surface area contributed by atoms with Crippen molar-refractivity contribution in [3.8, 4) is 0 Å². The smallest absolute Gasteiger partial charge is 0.151 e. The Morgan fingerprint density at radius 3 is 1.74 bits per heavy atom. The van der Waals surface area contributed by atoms with Gasteiger partial charge >= 0.3 is 0 Å². The number of carbonyl (C=O) groups excluding carboxylic acids is 1. The van der Waals surface area contributed by atoms with Crippen LogP contribution >= 0.6 is 45.9 Å². The van der Waals surface area contributed by atoms with Crippen LogP contribution in [0.15, 0.2) is 88.5 Å². The minimum Gasteiger partial charge on any atom is -0.330 e. The molecule has 0 saturated carbocycles. The molecule has 0 spiro atoms. The van der Waals surface area contributed by atoms with Crippen molar-refractivity contribution < 1.29 is 4.79 Å². The van der Waals surface area contributed by atoms with Gasteiger partial charge < -0.3 is 5.73 Å². The topological polar surface area (TPSA) is 55.4 Å². The summed E-state index contributed by atoms with van der Waals surface area (Å²) >= 11 is 15.1. The first kappa shape index (κ1) is 29.8. The van der Waals surface area contributed by atoms with Gasteiger partial charge in [-0.2, -0.15) is 0 Å². The highest BCUT2D eigenvalue weighted by Crippen LogP contribution is 2.13. The van der Waals surface area contributed by atoms with Crippen LogP contribution in [-0.2, 0) is 12.8 Å². The molecule has 2 aromatic heterocycles. The molecule has 180 valence electrons. The molecule has 0 aliphatic carbocycles. The van der Waals surface area contributed by atoms with E-state index < -0.39 is 0 Å². The number of nitrogens with zero attached hydrogens (tertiary/aromatic N) is 1. The molecule has 7 heteroatoms. The van der Waals surface area contributed by atoms with Gasteiger partial charge in [0.05, 0.1) is 5.02 Å². The number of hydrogen-bond acceptors (Lipinski definition) is 5. The molecule has 0 radical (unpaired) electrons. The number of hydrogen-bond donors (Lipinski definition) is 1. The lowest BCUT2D eigenvalue weighted by atomic mass is 10.2. The van der Waals surface area contributed by atoms with Gasteiger partial charge in [0.2, 0.25) is 0 Å². The molecule has 0 bridgehead atoms. The van der Waals surface area contributed by atoms with Gasteiger partial charge in [0.1, 0.15) is 0 Å². The highest BCUT2D eigenvalue weighted by atomic mass is 35.5. The third kappa shape index (κ3) is 11.7. The molecule has 2 N–H and O–H groups in total. The maximum absolute atomic E-state index is 10.1. The van der Waals surface area contributed by atoms with Gasteiger partial charge in [0.15, 0.2) is 6.29 Å². The summed E-state index contributed by atoms with van der Waals surface area (Å²) in [5.74, 6) is 0. The molecule has 4 rings (SSSR count). The fraction of sp³-hybridized carbons (Fsp3) is 0.185. The van der Waals surface area contributed by atoms with E-state index in [9.17, 15) is 4.79 Å². The second kappa shape index (κ2) is 18.1. The van der Waals surface area contributed by atoms with E-state index in [1.165, 1.54) is 9.75 Å². The van der Waals surface area contributed by atoms with Gasteiger partial charge in [0, 0.05) is 45.1 Å². The fourth-order valence-electron chi connectivity index (χ4n) is 2.54. The van der Waals surface area contributed by atoms with Crippen LogP contribution in [0.3, 0.4) is 0 Å². The van der Waals surface area contributed by atoms with Crippen LogP contribution in [0, 0.1) is 0 Å². The van der Waals surface area contributed by atoms with Gasteiger partial charge in [-0.05, 0) is 48.0 Å². The summed E-state index contributed by atoms with van der Waals surface area (Å²) in [6, 6.07) is 23.0. The van der Waals surface area contributed by atoms with Crippen LogP contribution < -0.4 is 5.73 Å². The summed E-state index contributed by atoms with van der Waals surface area (Å²) in [6.07, 6.45) is 4.61. The van der Waals surface area contributed by atoms with E-state index in [2.05, 4.69) is 40.0 Å². The van der Waals surface area contributed by atoms with Gasteiger partial charge in [-0.1, -0.05) is 79.2 Å². The van der Waals surface area contributed by atoms with Crippen molar-refractivity contribution in [1.29, 1.82) is 0 Å². The van der Waals surface area contributed by atoms with Gasteiger partial charge in [0.25, 0.3) is 0 Å². The second-order valence-corrected chi connectivity index (χ2v) is 9.52. The van der Waals surface area contributed by atoms with Crippen molar-refractivity contribution in [3.63, 3.8) is 0 Å². The fourth-order valence-corrected chi connectivity index (χ4v) is 4.33. The van der Waals surface area contributed by atoms with Crippen molar-refractivity contribution in [1.82, 2.24) is 0 Å². The number of aldehydes is 1. The lowest BCUT2D eigenvalue weighted by molar-refractivity contribution is 0.112. The Kier molecular flexibility index (Phi) is 15.8. The summed E-state index contributed by atoms with van der Waals surface area (Å²) in [6.45, 7) is 1.58. The molecule has 0 saturated heterocycles. The van der Waals surface area contributed by atoms with Crippen LogP contribution in [-0.4, -0.2) is 25.6 Å². The molecule has 0 fully saturated rings. The summed E-state index contributed by atoms with van der Waals surface area (Å²) in [5.41, 5.74) is 6.85. The summed E-state index contributed by atoms with van der Waals surface area (Å²) in [4.78, 5) is 17.3. The number of aliphatic imine (C=N–C) groups is 1. The zero-order valence-corrected chi connectivity index (χ0v) is 21.2. The molecular weight excluding hydrogens is 503 g/mol. The van der Waals surface area contributed by atoms with E-state index in [-0.39, 0.29) is 7.43 Å². The van der Waals surface area contributed by atoms with Gasteiger partial charge in [-0.25, -0.2) is 0 Å². The number of benzene rings is 2. The van der Waals surface area contributed by atoms with Crippen LogP contribution in [0.2, 0.25) is 10.0 Å². The standard InChI is InChI=1S/C13H12ClNS.C7H5ClO.C6H9NS.CH4/c14-13-6-2-1-4-11(13)10-15-8-7-12-5-3-9-16-12;8-7-4-2-1-3-6(7)5-9;7-4-3-6-2-1-5-8-6;/h1-6,9-10H,7-8H2;1-5H;1-2,5H,3-4,7H2;1H4. The summed E-state index contributed by atoms with van der Waals surface area (Å²) in [5, 5.41) is 5.42. The largest absolute Gasteiger partial charge is 0.330 e. The Balaban J connectivity index is 0.000000274. The molecule has 0 amide bonds. The molecule has 0 aliphatic heterocycles. The summed E-state index contributed by atoms with van der Waals surface area (Å²) in [7, 11) is 0. The zero-order valence-electron chi connectivity index (χ0n) is 18.1. The second-order valence-electron chi connectivity index (χ2n) is 6.64. The molecule has 0 atom stereocenters. The first-order chi connectivity index (χ1) is 16.1. The van der Waals surface area contributed by atoms with Crippen LogP contribution in [0.4, 0.5) is 0 Å². The van der Waals surface area contributed by atoms with Crippen molar-refractivity contribution in [2.45, 2.75) is 20.3 Å². The van der Waals surface area contributed by atoms with Crippen molar-refractivity contribution in [2.75, 3.05) is 13.1 Å². The lowest BCUT2D eigenvalue weighted by Crippen LogP contribution is -2.00. The predicted molar refractivity (Wildman–Crippen MR) is 153 cm³/mol. The van der Waals surface area contributed by atoms with Crippen LogP contribution in [0.25, 0.3) is 0 Å². The third-order valence-corrected chi connectivity index (χ3v) is 6.77. The average molecular weight is 534 g/mol. The molecule has 3 nitrogen and oxygen atoms in total. The lowest BCUT2D eigenvalue weighted by Gasteiger charge is -1.96. The quantitative estimate of drug-likeness (QED) is 0.193. The van der Waals surface area contributed by atoms with Crippen molar-refractivity contribution in [3.05, 3.63) is 114 Å². The zero-order chi connectivity index (χ0) is 23.7. The number of carbonyl (C=O) groups is 1. The minimum atomic E-state index is 0. The maximum Gasteiger partial charge on any atom is 0.151 e. The molecule has 2 heterocycles. The Labute approximate surface area is 220 Å². The predicted octanol–water partition coefficient (Wildman–Crippen LogP) is 8.10. The molecule has 4 aromatic rings. The highest BCUT2D eigenvalue weighted by Gasteiger charge is 1.95. The maximum atomic E-state index is 10.1. The van der Waals surface area contributed by atoms with Crippen LogP contribution in [0.5, 0.6) is 0 Å². The Morgan fingerprint density at radius 2 is 1.29 bits per heavy atom. The van der Waals surface area contributed by atoms with Crippen molar-refractivity contribution >= 4 is 58.4 Å². The van der Waals surface area contributed by atoms with Gasteiger partial charge in [-0.3, -0.25) is 9.79 Å². The van der Waals surface area contributed by atoms with Gasteiger partial charge in [-0.15, -0.1) is 22.7 Å². The highest BCUT2D eigenvalue weighted by molar-refractivity contribution is 7.10. The number of rotatable bonds is 7. The molecule has 0 aliphatic rings. The SMILES string of the molecule is C.Clc1ccccc1C=NCCc1cccs1.NCCc1cccs1.O=Cc1ccccc1Cl. The average Bonchev–Trinajstić information content (AvgIpc) is 3.54. The summed E-state index contributed by atoms with van der Waals surface area (Å²) < 4.78 is 0. The first-order valence-corrected chi connectivity index (χ1v) is 12.8. The van der Waals surface area contributed by atoms with Crippen molar-refractivity contribution in [2.24, 2.45) is 10.7 Å². The van der Waals surface area contributed by atoms with E-state index in [1.54, 1.807) is 46.9 Å². The van der Waals surface area contributed by atoms with E-state index in [0.29, 0.717) is 10.6 Å². The minimum absolute atomic E-state index is 0. The number of nitrogens with two attached hydrogens (primary N) is 1. The van der Waals surface area contributed by atoms with E-state index in [4.69, 9.17) is 28.9 Å². The monoisotopic (exact) mass is 532 g/mol. The first-order valence-electron chi connectivity index (χ1n) is 10.3. The Morgan fingerprint density at radius 1 is 0.765 bits per heavy atom.